The fourth-order valence-corrected chi connectivity index (χ4v) is 2.49. The topological polar surface area (TPSA) is 24.9 Å². The highest BCUT2D eigenvalue weighted by Crippen LogP contribution is 2.36. The molecule has 2 nitrogen and oxygen atoms in total. The third-order valence-electron chi connectivity index (χ3n) is 3.76. The monoisotopic (exact) mass is 214 g/mol. The standard InChI is InChI=1S/C14H18N2/c1-2-8-14(7-1,11-16-13-5-6-13)12-4-3-9-15-10-12/h1-4,9-10,13,16H,5-8,11H2. The van der Waals surface area contributed by atoms with Crippen LogP contribution in [-0.4, -0.2) is 17.6 Å². The summed E-state index contributed by atoms with van der Waals surface area (Å²) in [6, 6.07) is 5.05. The quantitative estimate of drug-likeness (QED) is 0.779. The highest BCUT2D eigenvalue weighted by molar-refractivity contribution is 5.28. The molecule has 0 bridgehead atoms. The van der Waals surface area contributed by atoms with E-state index in [0.29, 0.717) is 0 Å². The van der Waals surface area contributed by atoms with E-state index in [0.717, 1.165) is 25.4 Å². The molecule has 0 aliphatic heterocycles. The van der Waals surface area contributed by atoms with E-state index in [-0.39, 0.29) is 5.41 Å². The fraction of sp³-hybridized carbons (Fsp3) is 0.500. The lowest BCUT2D eigenvalue weighted by Gasteiger charge is -2.29. The summed E-state index contributed by atoms with van der Waals surface area (Å²) in [5, 5.41) is 3.67. The van der Waals surface area contributed by atoms with Crippen LogP contribution in [0.1, 0.15) is 31.2 Å². The van der Waals surface area contributed by atoms with Gasteiger partial charge in [0.1, 0.15) is 0 Å². The Balaban J connectivity index is 1.78. The molecule has 1 heterocycles. The van der Waals surface area contributed by atoms with Crippen molar-refractivity contribution in [1.29, 1.82) is 0 Å². The van der Waals surface area contributed by atoms with E-state index in [1.807, 2.05) is 18.5 Å². The molecule has 1 N–H and O–H groups in total. The third-order valence-corrected chi connectivity index (χ3v) is 3.76. The lowest BCUT2D eigenvalue weighted by molar-refractivity contribution is 0.416. The Hall–Kier alpha value is -1.15. The molecule has 0 saturated heterocycles. The first kappa shape index (κ1) is 10.0. The summed E-state index contributed by atoms with van der Waals surface area (Å²) in [7, 11) is 0. The average Bonchev–Trinajstić information content (AvgIpc) is 3.06. The number of hydrogen-bond acceptors (Lipinski definition) is 2. The minimum absolute atomic E-state index is 0.275. The van der Waals surface area contributed by atoms with Gasteiger partial charge < -0.3 is 5.32 Å². The first-order valence-corrected chi connectivity index (χ1v) is 6.18. The molecule has 0 aromatic carbocycles. The normalized spacial score (nSPS) is 22.5. The van der Waals surface area contributed by atoms with E-state index in [1.54, 1.807) is 0 Å². The molecule has 1 fully saturated rings. The first-order chi connectivity index (χ1) is 7.89. The zero-order valence-corrected chi connectivity index (χ0v) is 9.52. The van der Waals surface area contributed by atoms with E-state index >= 15 is 0 Å². The molecule has 2 heteroatoms. The summed E-state index contributed by atoms with van der Waals surface area (Å²) in [4.78, 5) is 4.26. The van der Waals surface area contributed by atoms with Gasteiger partial charge >= 0.3 is 0 Å². The molecule has 3 rings (SSSR count). The molecule has 1 aromatic rings. The molecule has 0 spiro atoms. The number of pyridine rings is 1. The summed E-state index contributed by atoms with van der Waals surface area (Å²) in [6.45, 7) is 1.09. The van der Waals surface area contributed by atoms with Crippen molar-refractivity contribution < 1.29 is 0 Å². The van der Waals surface area contributed by atoms with Crippen molar-refractivity contribution in [2.45, 2.75) is 37.1 Å². The predicted molar refractivity (Wildman–Crippen MR) is 65.3 cm³/mol. The van der Waals surface area contributed by atoms with Gasteiger partial charge in [-0.2, -0.15) is 0 Å². The smallest absolute Gasteiger partial charge is 0.0306 e. The zero-order chi connectivity index (χ0) is 10.8. The van der Waals surface area contributed by atoms with Gasteiger partial charge in [-0.15, -0.1) is 0 Å². The van der Waals surface area contributed by atoms with Gasteiger partial charge in [-0.3, -0.25) is 4.98 Å². The second kappa shape index (κ2) is 4.02. The fourth-order valence-electron chi connectivity index (χ4n) is 2.49. The highest BCUT2D eigenvalue weighted by Gasteiger charge is 2.34. The Bertz CT molecular complexity index is 371. The van der Waals surface area contributed by atoms with E-state index in [1.165, 1.54) is 18.4 Å². The van der Waals surface area contributed by atoms with Crippen LogP contribution < -0.4 is 5.32 Å². The third kappa shape index (κ3) is 1.90. The maximum absolute atomic E-state index is 4.26. The van der Waals surface area contributed by atoms with E-state index in [9.17, 15) is 0 Å². The molecule has 0 radical (unpaired) electrons. The number of allylic oxidation sites excluding steroid dienone is 2. The molecule has 84 valence electrons. The number of hydrogen-bond donors (Lipinski definition) is 1. The van der Waals surface area contributed by atoms with Crippen molar-refractivity contribution in [3.63, 3.8) is 0 Å². The van der Waals surface area contributed by atoms with Gasteiger partial charge in [0, 0.05) is 30.4 Å². The van der Waals surface area contributed by atoms with E-state index in [4.69, 9.17) is 0 Å². The second-order valence-corrected chi connectivity index (χ2v) is 5.06. The Kier molecular flexibility index (Phi) is 2.52. The first-order valence-electron chi connectivity index (χ1n) is 6.18. The van der Waals surface area contributed by atoms with Crippen LogP contribution in [-0.2, 0) is 5.41 Å². The lowest BCUT2D eigenvalue weighted by Crippen LogP contribution is -2.37. The lowest BCUT2D eigenvalue weighted by atomic mass is 9.79. The molecule has 0 unspecified atom stereocenters. The summed E-state index contributed by atoms with van der Waals surface area (Å²) < 4.78 is 0. The van der Waals surface area contributed by atoms with Gasteiger partial charge in [0.05, 0.1) is 0 Å². The summed E-state index contributed by atoms with van der Waals surface area (Å²) in [5.74, 6) is 0. The summed E-state index contributed by atoms with van der Waals surface area (Å²) >= 11 is 0. The number of aromatic nitrogens is 1. The van der Waals surface area contributed by atoms with Crippen molar-refractivity contribution in [3.8, 4) is 0 Å². The second-order valence-electron chi connectivity index (χ2n) is 5.06. The van der Waals surface area contributed by atoms with Crippen LogP contribution >= 0.6 is 0 Å². The maximum Gasteiger partial charge on any atom is 0.0306 e. The predicted octanol–water partition coefficient (Wildman–Crippen LogP) is 2.42. The SMILES string of the molecule is C1=CCC(CNC2CC2)(c2cccnc2)C1. The molecule has 0 atom stereocenters. The Labute approximate surface area is 96.8 Å². The zero-order valence-electron chi connectivity index (χ0n) is 9.52. The number of nitrogens with one attached hydrogen (secondary N) is 1. The van der Waals surface area contributed by atoms with Crippen LogP contribution in [0.4, 0.5) is 0 Å². The number of rotatable bonds is 4. The van der Waals surface area contributed by atoms with Gasteiger partial charge in [-0.05, 0) is 37.3 Å². The molecular formula is C14H18N2. The van der Waals surface area contributed by atoms with Crippen LogP contribution in [0.3, 0.4) is 0 Å². The van der Waals surface area contributed by atoms with Gasteiger partial charge in [-0.25, -0.2) is 0 Å². The van der Waals surface area contributed by atoms with Crippen LogP contribution in [0.5, 0.6) is 0 Å². The van der Waals surface area contributed by atoms with E-state index in [2.05, 4.69) is 28.5 Å². The largest absolute Gasteiger partial charge is 0.313 e. The van der Waals surface area contributed by atoms with Crippen LogP contribution in [0.2, 0.25) is 0 Å². The van der Waals surface area contributed by atoms with Crippen molar-refractivity contribution in [1.82, 2.24) is 10.3 Å². The molecule has 2 aliphatic rings. The summed E-state index contributed by atoms with van der Waals surface area (Å²) in [5.41, 5.74) is 1.66. The highest BCUT2D eigenvalue weighted by atomic mass is 15.0. The van der Waals surface area contributed by atoms with E-state index < -0.39 is 0 Å². The van der Waals surface area contributed by atoms with Crippen molar-refractivity contribution in [2.75, 3.05) is 6.54 Å². The minimum Gasteiger partial charge on any atom is -0.313 e. The Morgan fingerprint density at radius 3 is 2.75 bits per heavy atom. The number of nitrogens with zero attached hydrogens (tertiary/aromatic N) is 1. The Morgan fingerprint density at radius 1 is 1.31 bits per heavy atom. The van der Waals surface area contributed by atoms with Crippen LogP contribution in [0.15, 0.2) is 36.7 Å². The van der Waals surface area contributed by atoms with Crippen molar-refractivity contribution in [3.05, 3.63) is 42.2 Å². The van der Waals surface area contributed by atoms with Crippen LogP contribution in [0.25, 0.3) is 0 Å². The molecule has 1 saturated carbocycles. The molecule has 0 amide bonds. The van der Waals surface area contributed by atoms with Gasteiger partial charge in [-0.1, -0.05) is 18.2 Å². The molecule has 2 aliphatic carbocycles. The summed E-state index contributed by atoms with van der Waals surface area (Å²) in [6.07, 6.45) is 13.5. The maximum atomic E-state index is 4.26. The van der Waals surface area contributed by atoms with Crippen molar-refractivity contribution in [2.24, 2.45) is 0 Å². The Morgan fingerprint density at radius 2 is 2.12 bits per heavy atom. The molecule has 16 heavy (non-hydrogen) atoms. The van der Waals surface area contributed by atoms with Gasteiger partial charge in [0.25, 0.3) is 0 Å². The minimum atomic E-state index is 0.275. The molecular weight excluding hydrogens is 196 g/mol. The van der Waals surface area contributed by atoms with Crippen LogP contribution in [0, 0.1) is 0 Å². The average molecular weight is 214 g/mol. The molecule has 1 aromatic heterocycles. The van der Waals surface area contributed by atoms with Gasteiger partial charge in [0.15, 0.2) is 0 Å². The van der Waals surface area contributed by atoms with Crippen molar-refractivity contribution >= 4 is 0 Å². The van der Waals surface area contributed by atoms with Gasteiger partial charge in [0.2, 0.25) is 0 Å².